The number of nitrogens with one attached hydrogen (secondary N) is 8. The molecule has 0 aliphatic heterocycles. The molecule has 0 saturated carbocycles. The fraction of sp³-hybridized carbons (Fsp3) is 0.431. The quantitative estimate of drug-likeness (QED) is 0.0116. The molecule has 418 valence electrons. The number of phenols is 1. The van der Waals surface area contributed by atoms with Crippen LogP contribution in [0, 0.1) is 0 Å². The highest BCUT2D eigenvalue weighted by atomic mass is 32.1. The molecule has 3 aromatic carbocycles. The van der Waals surface area contributed by atoms with Gasteiger partial charge in [0.1, 0.15) is 48.0 Å². The standard InChI is InChI=1S/C51H71N13O11S2/c1-26(65)39(42(53)68)62-49(75)41(51(3,4)77)64-48(74)40(27(2)66)63-44(70)35(15-10-20-56-50(54)55)58-46(72)37(23-30-24-57-34-14-9-8-13-32(30)34)60-45(71)36(22-29-16-18-31(67)19-17-29)59-47(73)38(25-76)61-43(69)33(52)21-28-11-6-5-7-12-28/h5-9,11-14,16-19,24,26-27,33,35-41,57,65-67,76-77H,10,15,20-23,25,52H2,1-4H3,(H2,53,68)(H,58,72)(H,59,73)(H,60,71)(H,61,69)(H,62,75)(H,63,70)(H,64,74)(H4,54,55,56)/t26-,27-,33-,35+,36+,37-,38+,39+,40+,41-/m1/s1. The Hall–Kier alpha value is -7.39. The number of carbonyl (C=O) groups excluding carboxylic acids is 8. The van der Waals surface area contributed by atoms with E-state index in [1.807, 2.05) is 6.07 Å². The maximum Gasteiger partial charge on any atom is 0.245 e. The molecule has 0 saturated heterocycles. The molecule has 24 nitrogen and oxygen atoms in total. The molecule has 19 N–H and O–H groups in total. The maximum absolute atomic E-state index is 14.8. The molecule has 0 bridgehead atoms. The molecular formula is C51H71N13O11S2. The number of aromatic amines is 1. The number of hydrogen-bond acceptors (Lipinski definition) is 15. The van der Waals surface area contributed by atoms with Crippen LogP contribution in [0.15, 0.2) is 90.1 Å². The summed E-state index contributed by atoms with van der Waals surface area (Å²) in [7, 11) is 0. The smallest absolute Gasteiger partial charge is 0.245 e. The van der Waals surface area contributed by atoms with Gasteiger partial charge in [-0.1, -0.05) is 60.7 Å². The number of fused-ring (bicyclic) bond motifs is 1. The van der Waals surface area contributed by atoms with Crippen molar-refractivity contribution in [3.8, 4) is 5.75 Å². The third-order valence-electron chi connectivity index (χ3n) is 12.2. The lowest BCUT2D eigenvalue weighted by atomic mass is 9.99. The van der Waals surface area contributed by atoms with E-state index in [1.54, 1.807) is 54.7 Å². The normalized spacial score (nSPS) is 15.3. The number of carbonyl (C=O) groups is 8. The van der Waals surface area contributed by atoms with Crippen LogP contribution in [-0.2, 0) is 57.6 Å². The van der Waals surface area contributed by atoms with Crippen LogP contribution < -0.4 is 60.2 Å². The van der Waals surface area contributed by atoms with Crippen LogP contribution in [0.1, 0.15) is 57.2 Å². The molecule has 0 aliphatic carbocycles. The fourth-order valence-electron chi connectivity index (χ4n) is 7.95. The SMILES string of the molecule is C[C@@H](O)[C@H](NC(=O)[C@@H](NC(=O)[C@@H](NC(=O)[C@H](CCCN=C(N)N)NC(=O)[C@@H](Cc1c[nH]c2ccccc12)NC(=O)[C@H](Cc1ccc(O)cc1)NC(=O)[C@H](CS)NC(=O)[C@H](N)Cc1ccccc1)[C@@H](C)O)C(C)(C)S)C(N)=O. The highest BCUT2D eigenvalue weighted by molar-refractivity contribution is 7.81. The van der Waals surface area contributed by atoms with Crippen LogP contribution in [0.25, 0.3) is 10.9 Å². The molecule has 4 aromatic rings. The van der Waals surface area contributed by atoms with Crippen molar-refractivity contribution in [2.45, 2.75) is 125 Å². The van der Waals surface area contributed by atoms with Gasteiger partial charge >= 0.3 is 0 Å². The molecule has 26 heteroatoms. The van der Waals surface area contributed by atoms with Crippen molar-refractivity contribution in [3.05, 3.63) is 102 Å². The molecule has 0 radical (unpaired) electrons. The number of aliphatic hydroxyl groups is 2. The number of nitrogens with zero attached hydrogens (tertiary/aromatic N) is 1. The Kier molecular flexibility index (Phi) is 23.6. The first kappa shape index (κ1) is 62.2. The number of para-hydroxylation sites is 1. The van der Waals surface area contributed by atoms with E-state index in [2.05, 4.69) is 72.5 Å². The van der Waals surface area contributed by atoms with Gasteiger partial charge in [-0.25, -0.2) is 0 Å². The number of amides is 8. The number of aliphatic hydroxyl groups excluding tert-OH is 2. The summed E-state index contributed by atoms with van der Waals surface area (Å²) in [5.41, 5.74) is 25.2. The third-order valence-corrected chi connectivity index (χ3v) is 12.8. The van der Waals surface area contributed by atoms with Gasteiger partial charge in [0.05, 0.1) is 18.2 Å². The van der Waals surface area contributed by atoms with E-state index in [9.17, 15) is 53.7 Å². The fourth-order valence-corrected chi connectivity index (χ4v) is 8.39. The van der Waals surface area contributed by atoms with Crippen molar-refractivity contribution < 1.29 is 53.7 Å². The summed E-state index contributed by atoms with van der Waals surface area (Å²) in [6.07, 6.45) is -1.72. The molecule has 1 aromatic heterocycles. The number of rotatable bonds is 29. The second-order valence-electron chi connectivity index (χ2n) is 19.1. The summed E-state index contributed by atoms with van der Waals surface area (Å²) in [5, 5.41) is 49.5. The lowest BCUT2D eigenvalue weighted by Gasteiger charge is -2.33. The summed E-state index contributed by atoms with van der Waals surface area (Å²) in [6.45, 7) is 5.29. The van der Waals surface area contributed by atoms with E-state index < -0.39 is 113 Å². The molecule has 0 aliphatic rings. The highest BCUT2D eigenvalue weighted by Crippen LogP contribution is 2.21. The minimum absolute atomic E-state index is 0.0181. The Balaban J connectivity index is 1.67. The van der Waals surface area contributed by atoms with Gasteiger partial charge in [-0.2, -0.15) is 25.3 Å². The number of primary amides is 1. The zero-order chi connectivity index (χ0) is 57.1. The predicted octanol–water partition coefficient (Wildman–Crippen LogP) is -2.44. The van der Waals surface area contributed by atoms with Crippen molar-refractivity contribution >= 4 is 89.4 Å². The average Bonchev–Trinajstić information content (AvgIpc) is 3.78. The van der Waals surface area contributed by atoms with E-state index in [1.165, 1.54) is 52.0 Å². The Labute approximate surface area is 456 Å². The van der Waals surface area contributed by atoms with Crippen LogP contribution >= 0.6 is 25.3 Å². The zero-order valence-corrected chi connectivity index (χ0v) is 44.9. The van der Waals surface area contributed by atoms with Gasteiger partial charge in [0.25, 0.3) is 0 Å². The van der Waals surface area contributed by atoms with Crippen molar-refractivity contribution in [3.63, 3.8) is 0 Å². The summed E-state index contributed by atoms with van der Waals surface area (Å²) in [6, 6.07) is 10.3. The van der Waals surface area contributed by atoms with Crippen molar-refractivity contribution in [1.82, 2.24) is 42.2 Å². The molecule has 8 amide bonds. The Morgan fingerprint density at radius 1 is 0.623 bits per heavy atom. The van der Waals surface area contributed by atoms with E-state index in [-0.39, 0.29) is 56.1 Å². The van der Waals surface area contributed by atoms with Gasteiger partial charge in [0, 0.05) is 47.0 Å². The zero-order valence-electron chi connectivity index (χ0n) is 43.1. The Morgan fingerprint density at radius 2 is 1.14 bits per heavy atom. The number of H-pyrrole nitrogens is 1. The minimum Gasteiger partial charge on any atom is -0.508 e. The number of aliphatic imine (C=N–C) groups is 1. The van der Waals surface area contributed by atoms with Gasteiger partial charge < -0.3 is 80.5 Å². The minimum atomic E-state index is -1.79. The van der Waals surface area contributed by atoms with E-state index >= 15 is 0 Å². The molecular weight excluding hydrogens is 1030 g/mol. The van der Waals surface area contributed by atoms with Crippen molar-refractivity contribution in [2.75, 3.05) is 12.3 Å². The Morgan fingerprint density at radius 3 is 1.71 bits per heavy atom. The number of phenolic OH excluding ortho intramolecular Hbond substituents is 1. The second-order valence-corrected chi connectivity index (χ2v) is 20.6. The number of aromatic nitrogens is 1. The van der Waals surface area contributed by atoms with E-state index in [0.29, 0.717) is 22.0 Å². The van der Waals surface area contributed by atoms with Gasteiger partial charge in [-0.15, -0.1) is 0 Å². The predicted molar refractivity (Wildman–Crippen MR) is 295 cm³/mol. The number of aromatic hydroxyl groups is 1. The van der Waals surface area contributed by atoms with Crippen molar-refractivity contribution in [1.29, 1.82) is 0 Å². The molecule has 4 rings (SSSR count). The van der Waals surface area contributed by atoms with Gasteiger partial charge in [-0.3, -0.25) is 43.3 Å². The average molecular weight is 1110 g/mol. The topological polar surface area (TPSA) is 414 Å². The number of hydrogen-bond donors (Lipinski definition) is 17. The van der Waals surface area contributed by atoms with E-state index in [4.69, 9.17) is 22.9 Å². The first-order chi connectivity index (χ1) is 36.3. The molecule has 10 atom stereocenters. The van der Waals surface area contributed by atoms with Crippen LogP contribution in [0.4, 0.5) is 0 Å². The number of nitrogens with two attached hydrogens (primary N) is 4. The van der Waals surface area contributed by atoms with Crippen LogP contribution in [-0.4, -0.2) is 151 Å². The van der Waals surface area contributed by atoms with E-state index in [0.717, 1.165) is 5.56 Å². The second kappa shape index (κ2) is 29.2. The monoisotopic (exact) mass is 1110 g/mol. The lowest BCUT2D eigenvalue weighted by Crippen LogP contribution is -2.64. The molecule has 0 spiro atoms. The van der Waals surface area contributed by atoms with Gasteiger partial charge in [0.15, 0.2) is 5.96 Å². The lowest BCUT2D eigenvalue weighted by molar-refractivity contribution is -0.137. The summed E-state index contributed by atoms with van der Waals surface area (Å²) in [4.78, 5) is 118. The Bertz CT molecular complexity index is 2700. The molecule has 1 heterocycles. The number of guanidine groups is 1. The van der Waals surface area contributed by atoms with Crippen molar-refractivity contribution in [2.24, 2.45) is 27.9 Å². The molecule has 77 heavy (non-hydrogen) atoms. The summed E-state index contributed by atoms with van der Waals surface area (Å²) in [5.74, 6) is -7.94. The first-order valence-corrected chi connectivity index (χ1v) is 25.7. The summed E-state index contributed by atoms with van der Waals surface area (Å²) < 4.78 is -1.35. The van der Waals surface area contributed by atoms with Crippen LogP contribution in [0.2, 0.25) is 0 Å². The largest absolute Gasteiger partial charge is 0.508 e. The highest BCUT2D eigenvalue weighted by Gasteiger charge is 2.40. The number of benzene rings is 3. The first-order valence-electron chi connectivity index (χ1n) is 24.6. The molecule has 0 unspecified atom stereocenters. The summed E-state index contributed by atoms with van der Waals surface area (Å²) >= 11 is 8.75. The van der Waals surface area contributed by atoms with Gasteiger partial charge in [-0.05, 0) is 81.8 Å². The number of thiol groups is 2. The maximum atomic E-state index is 14.8. The van der Waals surface area contributed by atoms with Crippen LogP contribution in [0.3, 0.4) is 0 Å². The van der Waals surface area contributed by atoms with Gasteiger partial charge in [0.2, 0.25) is 47.3 Å². The third kappa shape index (κ3) is 19.3. The van der Waals surface area contributed by atoms with Crippen LogP contribution in [0.5, 0.6) is 5.75 Å². The molecule has 0 fully saturated rings.